The molecule has 16 heavy (non-hydrogen) atoms. The van der Waals surface area contributed by atoms with E-state index in [4.69, 9.17) is 5.73 Å². The fraction of sp³-hybridized carbons (Fsp3) is 1.00. The molecule has 0 aromatic carbocycles. The molecule has 0 radical (unpaired) electrons. The highest BCUT2D eigenvalue weighted by Crippen LogP contribution is 2.00. The third-order valence-electron chi connectivity index (χ3n) is 2.84. The highest BCUT2D eigenvalue weighted by molar-refractivity contribution is 4.55. The van der Waals surface area contributed by atoms with Crippen molar-refractivity contribution in [2.45, 2.75) is 45.4 Å². The zero-order valence-corrected chi connectivity index (χ0v) is 11.3. The van der Waals surface area contributed by atoms with Gasteiger partial charge in [0.15, 0.2) is 0 Å². The van der Waals surface area contributed by atoms with E-state index in [1.165, 1.54) is 45.2 Å². The Morgan fingerprint density at radius 3 is 2.31 bits per heavy atom. The molecule has 0 aliphatic carbocycles. The first-order chi connectivity index (χ1) is 7.81. The van der Waals surface area contributed by atoms with Crippen LogP contribution in [0.5, 0.6) is 0 Å². The molecule has 3 nitrogen and oxygen atoms in total. The highest BCUT2D eigenvalue weighted by atomic mass is 15.1. The fourth-order valence-electron chi connectivity index (χ4n) is 1.75. The van der Waals surface area contributed by atoms with Gasteiger partial charge in [0.1, 0.15) is 0 Å². The summed E-state index contributed by atoms with van der Waals surface area (Å²) in [4.78, 5) is 2.44. The van der Waals surface area contributed by atoms with E-state index in [2.05, 4.69) is 24.2 Å². The molecule has 0 aliphatic rings. The van der Waals surface area contributed by atoms with E-state index in [1.807, 2.05) is 0 Å². The Balaban J connectivity index is 3.08. The number of unbranched alkanes of at least 4 members (excludes halogenated alkanes) is 3. The van der Waals surface area contributed by atoms with Crippen molar-refractivity contribution in [1.82, 2.24) is 10.2 Å². The number of rotatable bonds is 12. The molecule has 0 unspecified atom stereocenters. The molecule has 0 heterocycles. The molecule has 0 bridgehead atoms. The van der Waals surface area contributed by atoms with Crippen molar-refractivity contribution in [3.8, 4) is 0 Å². The summed E-state index contributed by atoms with van der Waals surface area (Å²) >= 11 is 0. The van der Waals surface area contributed by atoms with Gasteiger partial charge in [0.25, 0.3) is 0 Å². The summed E-state index contributed by atoms with van der Waals surface area (Å²) in [6.07, 6.45) is 7.78. The van der Waals surface area contributed by atoms with Crippen LogP contribution in [0.3, 0.4) is 0 Å². The Bertz CT molecular complexity index is 128. The smallest absolute Gasteiger partial charge is 0.000969 e. The summed E-state index contributed by atoms with van der Waals surface area (Å²) in [6.45, 7) is 7.71. The number of nitrogens with two attached hydrogens (primary N) is 1. The maximum atomic E-state index is 5.42. The summed E-state index contributed by atoms with van der Waals surface area (Å²) in [5.41, 5.74) is 5.42. The molecule has 0 amide bonds. The highest BCUT2D eigenvalue weighted by Gasteiger charge is 1.97. The van der Waals surface area contributed by atoms with E-state index < -0.39 is 0 Å². The van der Waals surface area contributed by atoms with E-state index in [1.54, 1.807) is 0 Å². The lowest BCUT2D eigenvalue weighted by molar-refractivity contribution is 0.318. The Hall–Kier alpha value is -0.120. The van der Waals surface area contributed by atoms with E-state index in [9.17, 15) is 0 Å². The van der Waals surface area contributed by atoms with Crippen LogP contribution >= 0.6 is 0 Å². The van der Waals surface area contributed by atoms with Gasteiger partial charge in [-0.3, -0.25) is 0 Å². The van der Waals surface area contributed by atoms with Gasteiger partial charge in [0.05, 0.1) is 0 Å². The minimum absolute atomic E-state index is 0.796. The van der Waals surface area contributed by atoms with Gasteiger partial charge >= 0.3 is 0 Å². The third-order valence-corrected chi connectivity index (χ3v) is 2.84. The largest absolute Gasteiger partial charge is 0.330 e. The van der Waals surface area contributed by atoms with Gasteiger partial charge in [-0.15, -0.1) is 0 Å². The summed E-state index contributed by atoms with van der Waals surface area (Å²) in [7, 11) is 2.23. The average Bonchev–Trinajstić information content (AvgIpc) is 2.29. The molecule has 3 heteroatoms. The molecular weight excluding hydrogens is 198 g/mol. The maximum Gasteiger partial charge on any atom is -0.000969 e. The van der Waals surface area contributed by atoms with E-state index >= 15 is 0 Å². The van der Waals surface area contributed by atoms with Crippen molar-refractivity contribution in [2.75, 3.05) is 39.8 Å². The van der Waals surface area contributed by atoms with E-state index in [0.717, 1.165) is 26.1 Å². The van der Waals surface area contributed by atoms with Crippen LogP contribution in [0.15, 0.2) is 0 Å². The van der Waals surface area contributed by atoms with Crippen LogP contribution in [-0.4, -0.2) is 44.7 Å². The quantitative estimate of drug-likeness (QED) is 0.502. The molecule has 0 spiro atoms. The van der Waals surface area contributed by atoms with Gasteiger partial charge in [-0.05, 0) is 59.0 Å². The van der Waals surface area contributed by atoms with Crippen LogP contribution in [0, 0.1) is 0 Å². The van der Waals surface area contributed by atoms with Crippen molar-refractivity contribution < 1.29 is 0 Å². The van der Waals surface area contributed by atoms with Crippen molar-refractivity contribution in [1.29, 1.82) is 0 Å². The SMILES string of the molecule is CCCCCCN(C)CCCNCCCN. The average molecular weight is 229 g/mol. The van der Waals surface area contributed by atoms with Crippen LogP contribution in [-0.2, 0) is 0 Å². The Kier molecular flexibility index (Phi) is 12.9. The Morgan fingerprint density at radius 1 is 0.938 bits per heavy atom. The van der Waals surface area contributed by atoms with Crippen molar-refractivity contribution in [3.63, 3.8) is 0 Å². The molecule has 0 aliphatic heterocycles. The first-order valence-electron chi connectivity index (χ1n) is 6.90. The predicted molar refractivity (Wildman–Crippen MR) is 72.8 cm³/mol. The lowest BCUT2D eigenvalue weighted by Crippen LogP contribution is -2.26. The zero-order chi connectivity index (χ0) is 12.1. The minimum atomic E-state index is 0.796. The van der Waals surface area contributed by atoms with Gasteiger partial charge in [-0.2, -0.15) is 0 Å². The second-order valence-corrected chi connectivity index (χ2v) is 4.61. The zero-order valence-electron chi connectivity index (χ0n) is 11.3. The van der Waals surface area contributed by atoms with Crippen LogP contribution in [0.1, 0.15) is 45.4 Å². The Morgan fingerprint density at radius 2 is 1.62 bits per heavy atom. The second-order valence-electron chi connectivity index (χ2n) is 4.61. The van der Waals surface area contributed by atoms with Gasteiger partial charge in [-0.1, -0.05) is 26.2 Å². The van der Waals surface area contributed by atoms with Crippen molar-refractivity contribution in [3.05, 3.63) is 0 Å². The maximum absolute atomic E-state index is 5.42. The molecule has 98 valence electrons. The van der Waals surface area contributed by atoms with E-state index in [0.29, 0.717) is 0 Å². The van der Waals surface area contributed by atoms with E-state index in [-0.39, 0.29) is 0 Å². The molecule has 0 saturated heterocycles. The molecule has 0 atom stereocenters. The molecule has 3 N–H and O–H groups in total. The first-order valence-corrected chi connectivity index (χ1v) is 6.90. The normalized spacial score (nSPS) is 11.2. The number of nitrogens with zero attached hydrogens (tertiary/aromatic N) is 1. The number of nitrogens with one attached hydrogen (secondary N) is 1. The van der Waals surface area contributed by atoms with Crippen LogP contribution in [0.4, 0.5) is 0 Å². The predicted octanol–water partition coefficient (Wildman–Crippen LogP) is 1.83. The summed E-state index contributed by atoms with van der Waals surface area (Å²) in [5, 5.41) is 3.41. The number of hydrogen-bond donors (Lipinski definition) is 2. The van der Waals surface area contributed by atoms with Gasteiger partial charge < -0.3 is 16.0 Å². The minimum Gasteiger partial charge on any atom is -0.330 e. The van der Waals surface area contributed by atoms with Crippen molar-refractivity contribution >= 4 is 0 Å². The summed E-state index contributed by atoms with van der Waals surface area (Å²) in [6, 6.07) is 0. The molecule has 0 aromatic heterocycles. The number of hydrogen-bond acceptors (Lipinski definition) is 3. The topological polar surface area (TPSA) is 41.3 Å². The Labute approximate surface area is 102 Å². The van der Waals surface area contributed by atoms with Gasteiger partial charge in [0.2, 0.25) is 0 Å². The first kappa shape index (κ1) is 15.9. The summed E-state index contributed by atoms with van der Waals surface area (Å²) in [5.74, 6) is 0. The lowest BCUT2D eigenvalue weighted by Gasteiger charge is -2.16. The molecule has 0 fully saturated rings. The second kappa shape index (κ2) is 12.9. The molecule has 0 aromatic rings. The molecular formula is C13H31N3. The fourth-order valence-corrected chi connectivity index (χ4v) is 1.75. The molecule has 0 saturated carbocycles. The molecule has 0 rings (SSSR count). The van der Waals surface area contributed by atoms with Crippen LogP contribution in [0.2, 0.25) is 0 Å². The lowest BCUT2D eigenvalue weighted by atomic mass is 10.2. The van der Waals surface area contributed by atoms with Gasteiger partial charge in [-0.25, -0.2) is 0 Å². The van der Waals surface area contributed by atoms with Crippen LogP contribution in [0.25, 0.3) is 0 Å². The van der Waals surface area contributed by atoms with Gasteiger partial charge in [0, 0.05) is 0 Å². The summed E-state index contributed by atoms with van der Waals surface area (Å²) < 4.78 is 0. The standard InChI is InChI=1S/C13H31N3/c1-3-4-5-6-12-16(2)13-8-11-15-10-7-9-14/h15H,3-14H2,1-2H3. The monoisotopic (exact) mass is 229 g/mol. The van der Waals surface area contributed by atoms with Crippen LogP contribution < -0.4 is 11.1 Å². The third kappa shape index (κ3) is 12.0. The van der Waals surface area contributed by atoms with Crippen molar-refractivity contribution in [2.24, 2.45) is 5.73 Å².